The van der Waals surface area contributed by atoms with Crippen molar-refractivity contribution < 1.29 is 13.7 Å². The molecule has 0 N–H and O–H groups in total. The summed E-state index contributed by atoms with van der Waals surface area (Å²) in [5.74, 6) is 1.20. The molecule has 24 heavy (non-hydrogen) atoms. The number of benzene rings is 1. The second kappa shape index (κ2) is 6.58. The highest BCUT2D eigenvalue weighted by Crippen LogP contribution is 2.22. The van der Waals surface area contributed by atoms with Crippen LogP contribution in [0, 0.1) is 0 Å². The van der Waals surface area contributed by atoms with Gasteiger partial charge in [0.15, 0.2) is 11.4 Å². The van der Waals surface area contributed by atoms with E-state index in [1.165, 1.54) is 0 Å². The van der Waals surface area contributed by atoms with E-state index in [0.717, 1.165) is 37.3 Å². The lowest BCUT2D eigenvalue weighted by molar-refractivity contribution is 0.151. The van der Waals surface area contributed by atoms with E-state index in [2.05, 4.69) is 24.9 Å². The van der Waals surface area contributed by atoms with Crippen molar-refractivity contribution in [3.05, 3.63) is 36.0 Å². The molecule has 8 heteroatoms. The summed E-state index contributed by atoms with van der Waals surface area (Å²) in [4.78, 5) is 13.3. The van der Waals surface area contributed by atoms with Crippen LogP contribution in [0.2, 0.25) is 0 Å². The van der Waals surface area contributed by atoms with E-state index in [9.17, 15) is 0 Å². The van der Waals surface area contributed by atoms with Gasteiger partial charge in [-0.05, 0) is 12.1 Å². The lowest BCUT2D eigenvalue weighted by Gasteiger charge is -2.32. The third-order valence-electron chi connectivity index (χ3n) is 4.07. The molecule has 2 aromatic heterocycles. The minimum absolute atomic E-state index is 0.346. The molecule has 0 atom stereocenters. The zero-order valence-electron chi connectivity index (χ0n) is 13.5. The van der Waals surface area contributed by atoms with Gasteiger partial charge in [0.25, 0.3) is 11.9 Å². The third-order valence-corrected chi connectivity index (χ3v) is 4.07. The minimum Gasteiger partial charge on any atom is -0.423 e. The van der Waals surface area contributed by atoms with Crippen LogP contribution in [0.15, 0.2) is 33.2 Å². The van der Waals surface area contributed by atoms with Crippen molar-refractivity contribution in [2.75, 3.05) is 38.2 Å². The van der Waals surface area contributed by atoms with Crippen molar-refractivity contribution in [3.8, 4) is 0 Å². The molecule has 0 amide bonds. The van der Waals surface area contributed by atoms with Crippen LogP contribution in [0.3, 0.4) is 0 Å². The number of aromatic nitrogens is 3. The van der Waals surface area contributed by atoms with Crippen LogP contribution >= 0.6 is 0 Å². The van der Waals surface area contributed by atoms with Crippen LogP contribution in [0.1, 0.15) is 11.7 Å². The van der Waals surface area contributed by atoms with E-state index in [4.69, 9.17) is 13.7 Å². The fourth-order valence-electron chi connectivity index (χ4n) is 2.83. The summed E-state index contributed by atoms with van der Waals surface area (Å²) in [7, 11) is 1.61. The number of nitrogens with zero attached hydrogens (tertiary/aromatic N) is 5. The fraction of sp³-hybridized carbons (Fsp3) is 0.438. The summed E-state index contributed by atoms with van der Waals surface area (Å²) >= 11 is 0. The average molecular weight is 329 g/mol. The Morgan fingerprint density at radius 3 is 2.75 bits per heavy atom. The van der Waals surface area contributed by atoms with Crippen LogP contribution < -0.4 is 4.90 Å². The summed E-state index contributed by atoms with van der Waals surface area (Å²) in [6.07, 6.45) is 0. The number of ether oxygens (including phenoxy) is 1. The second-order valence-corrected chi connectivity index (χ2v) is 5.76. The number of piperazine rings is 1. The van der Waals surface area contributed by atoms with Crippen molar-refractivity contribution in [2.24, 2.45) is 0 Å². The van der Waals surface area contributed by atoms with Crippen molar-refractivity contribution in [3.63, 3.8) is 0 Å². The van der Waals surface area contributed by atoms with E-state index in [-0.39, 0.29) is 0 Å². The SMILES string of the molecule is COCc1nc(CN2CCN(c3nc4ccccc4o3)CC2)no1. The molecule has 1 fully saturated rings. The number of methoxy groups -OCH3 is 1. The van der Waals surface area contributed by atoms with E-state index in [0.29, 0.717) is 30.9 Å². The Morgan fingerprint density at radius 1 is 1.12 bits per heavy atom. The molecule has 1 aliphatic heterocycles. The van der Waals surface area contributed by atoms with Gasteiger partial charge in [0.2, 0.25) is 0 Å². The van der Waals surface area contributed by atoms with Gasteiger partial charge in [-0.25, -0.2) is 0 Å². The standard InChI is InChI=1S/C16H19N5O3/c1-22-11-15-18-14(19-24-15)10-20-6-8-21(9-7-20)16-17-12-4-2-3-5-13(12)23-16/h2-5H,6-11H2,1H3. The summed E-state index contributed by atoms with van der Waals surface area (Å²) in [6.45, 7) is 4.53. The van der Waals surface area contributed by atoms with Crippen LogP contribution in [-0.4, -0.2) is 53.3 Å². The summed E-state index contributed by atoms with van der Waals surface area (Å²) in [5.41, 5.74) is 1.72. The van der Waals surface area contributed by atoms with Crippen LogP contribution in [-0.2, 0) is 17.9 Å². The van der Waals surface area contributed by atoms with Gasteiger partial charge in [-0.1, -0.05) is 17.3 Å². The largest absolute Gasteiger partial charge is 0.423 e. The summed E-state index contributed by atoms with van der Waals surface area (Å²) in [5, 5.41) is 3.98. The Labute approximate surface area is 139 Å². The molecule has 1 saturated heterocycles. The highest BCUT2D eigenvalue weighted by Gasteiger charge is 2.22. The van der Waals surface area contributed by atoms with Gasteiger partial charge < -0.3 is 18.6 Å². The number of oxazole rings is 1. The maximum absolute atomic E-state index is 5.83. The molecule has 0 radical (unpaired) electrons. The Kier molecular flexibility index (Phi) is 4.14. The number of para-hydroxylation sites is 2. The van der Waals surface area contributed by atoms with Gasteiger partial charge in [-0.3, -0.25) is 4.90 Å². The number of rotatable bonds is 5. The first-order valence-corrected chi connectivity index (χ1v) is 7.95. The Balaban J connectivity index is 1.35. The molecule has 3 aromatic rings. The monoisotopic (exact) mass is 329 g/mol. The molecule has 0 aliphatic carbocycles. The number of fused-ring (bicyclic) bond motifs is 1. The topological polar surface area (TPSA) is 80.7 Å². The normalized spacial score (nSPS) is 16.1. The molecule has 0 bridgehead atoms. The lowest BCUT2D eigenvalue weighted by Crippen LogP contribution is -2.46. The van der Waals surface area contributed by atoms with E-state index < -0.39 is 0 Å². The van der Waals surface area contributed by atoms with E-state index in [1.807, 2.05) is 24.3 Å². The fourth-order valence-corrected chi connectivity index (χ4v) is 2.83. The van der Waals surface area contributed by atoms with Gasteiger partial charge in [0.05, 0.1) is 6.54 Å². The minimum atomic E-state index is 0.346. The number of hydrogen-bond acceptors (Lipinski definition) is 8. The zero-order valence-corrected chi connectivity index (χ0v) is 13.5. The van der Waals surface area contributed by atoms with Gasteiger partial charge in [0, 0.05) is 33.3 Å². The Hall–Kier alpha value is -2.45. The number of hydrogen-bond donors (Lipinski definition) is 0. The Morgan fingerprint density at radius 2 is 1.96 bits per heavy atom. The predicted octanol–water partition coefficient (Wildman–Crippen LogP) is 1.68. The highest BCUT2D eigenvalue weighted by molar-refractivity contribution is 5.74. The molecule has 0 unspecified atom stereocenters. The maximum Gasteiger partial charge on any atom is 0.298 e. The predicted molar refractivity (Wildman–Crippen MR) is 86.5 cm³/mol. The van der Waals surface area contributed by atoms with Crippen molar-refractivity contribution >= 4 is 17.1 Å². The molecule has 126 valence electrons. The molecule has 1 aliphatic rings. The zero-order chi connectivity index (χ0) is 16.4. The lowest BCUT2D eigenvalue weighted by atomic mass is 10.3. The smallest absolute Gasteiger partial charge is 0.298 e. The number of anilines is 1. The summed E-state index contributed by atoms with van der Waals surface area (Å²) < 4.78 is 15.9. The maximum atomic E-state index is 5.83. The highest BCUT2D eigenvalue weighted by atomic mass is 16.5. The average Bonchev–Trinajstić information content (AvgIpc) is 3.22. The van der Waals surface area contributed by atoms with E-state index >= 15 is 0 Å². The van der Waals surface area contributed by atoms with Crippen molar-refractivity contribution in [1.82, 2.24) is 20.0 Å². The van der Waals surface area contributed by atoms with Gasteiger partial charge >= 0.3 is 0 Å². The van der Waals surface area contributed by atoms with E-state index in [1.54, 1.807) is 7.11 Å². The molecular formula is C16H19N5O3. The quantitative estimate of drug-likeness (QED) is 0.699. The van der Waals surface area contributed by atoms with Gasteiger partial charge in [0.1, 0.15) is 12.1 Å². The molecular weight excluding hydrogens is 310 g/mol. The summed E-state index contributed by atoms with van der Waals surface area (Å²) in [6, 6.07) is 8.52. The first-order chi connectivity index (χ1) is 11.8. The molecule has 0 saturated carbocycles. The second-order valence-electron chi connectivity index (χ2n) is 5.76. The molecule has 0 spiro atoms. The molecule has 8 nitrogen and oxygen atoms in total. The first-order valence-electron chi connectivity index (χ1n) is 7.95. The van der Waals surface area contributed by atoms with Gasteiger partial charge in [-0.2, -0.15) is 9.97 Å². The van der Waals surface area contributed by atoms with Crippen molar-refractivity contribution in [2.45, 2.75) is 13.2 Å². The van der Waals surface area contributed by atoms with Crippen LogP contribution in [0.25, 0.3) is 11.1 Å². The van der Waals surface area contributed by atoms with Gasteiger partial charge in [-0.15, -0.1) is 0 Å². The molecule has 3 heterocycles. The first kappa shape index (κ1) is 15.1. The van der Waals surface area contributed by atoms with Crippen LogP contribution in [0.5, 0.6) is 0 Å². The Bertz CT molecular complexity index is 774. The van der Waals surface area contributed by atoms with Crippen LogP contribution in [0.4, 0.5) is 6.01 Å². The molecule has 4 rings (SSSR count). The third kappa shape index (κ3) is 3.10. The molecule has 1 aromatic carbocycles. The van der Waals surface area contributed by atoms with Crippen molar-refractivity contribution in [1.29, 1.82) is 0 Å².